The van der Waals surface area contributed by atoms with E-state index in [0.29, 0.717) is 22.5 Å². The van der Waals surface area contributed by atoms with Gasteiger partial charge in [0.1, 0.15) is 0 Å². The van der Waals surface area contributed by atoms with E-state index < -0.39 is 0 Å². The predicted octanol–water partition coefficient (Wildman–Crippen LogP) is 3.15. The van der Waals surface area contributed by atoms with Gasteiger partial charge >= 0.3 is 0 Å². The van der Waals surface area contributed by atoms with E-state index in [1.54, 1.807) is 48.5 Å². The molecule has 0 radical (unpaired) electrons. The lowest BCUT2D eigenvalue weighted by molar-refractivity contribution is 0.0724. The number of rotatable bonds is 3. The van der Waals surface area contributed by atoms with Gasteiger partial charge in [0.15, 0.2) is 0 Å². The first-order valence-electron chi connectivity index (χ1n) is 8.20. The summed E-state index contributed by atoms with van der Waals surface area (Å²) in [4.78, 5) is 26.8. The number of likely N-dealkylation sites (tertiary alicyclic amines) is 1. The SMILES string of the molecule is Nc1ccccc1C(=O)Nc1cccc(C(=O)N2CCCCC2)c1. The number of nitrogens with zero attached hydrogens (tertiary/aromatic N) is 1. The summed E-state index contributed by atoms with van der Waals surface area (Å²) in [6.45, 7) is 1.60. The van der Waals surface area contributed by atoms with Gasteiger partial charge in [0, 0.05) is 30.0 Å². The Hall–Kier alpha value is -2.82. The number of piperidine rings is 1. The average Bonchev–Trinajstić information content (AvgIpc) is 2.62. The largest absolute Gasteiger partial charge is 0.398 e. The first-order chi connectivity index (χ1) is 11.6. The van der Waals surface area contributed by atoms with Crippen LogP contribution in [0.25, 0.3) is 0 Å². The fourth-order valence-electron chi connectivity index (χ4n) is 2.91. The number of amides is 2. The summed E-state index contributed by atoms with van der Waals surface area (Å²) in [5.74, 6) is -0.263. The van der Waals surface area contributed by atoms with Crippen LogP contribution in [0.2, 0.25) is 0 Å². The van der Waals surface area contributed by atoms with E-state index in [-0.39, 0.29) is 11.8 Å². The van der Waals surface area contributed by atoms with Gasteiger partial charge in [-0.1, -0.05) is 18.2 Å². The fraction of sp³-hybridized carbons (Fsp3) is 0.263. The lowest BCUT2D eigenvalue weighted by atomic mass is 10.1. The van der Waals surface area contributed by atoms with E-state index in [4.69, 9.17) is 5.73 Å². The van der Waals surface area contributed by atoms with Crippen molar-refractivity contribution in [1.29, 1.82) is 0 Å². The first kappa shape index (κ1) is 16.1. The molecule has 0 unspecified atom stereocenters. The van der Waals surface area contributed by atoms with Crippen LogP contribution in [-0.2, 0) is 0 Å². The van der Waals surface area contributed by atoms with E-state index in [1.165, 1.54) is 6.42 Å². The molecular formula is C19H21N3O2. The summed E-state index contributed by atoms with van der Waals surface area (Å²) in [5.41, 5.74) is 7.86. The molecule has 0 spiro atoms. The zero-order chi connectivity index (χ0) is 16.9. The molecule has 1 saturated heterocycles. The zero-order valence-corrected chi connectivity index (χ0v) is 13.5. The lowest BCUT2D eigenvalue weighted by Gasteiger charge is -2.26. The molecule has 1 heterocycles. The quantitative estimate of drug-likeness (QED) is 0.852. The molecule has 1 aliphatic rings. The molecule has 0 bridgehead atoms. The summed E-state index contributed by atoms with van der Waals surface area (Å²) in [7, 11) is 0. The summed E-state index contributed by atoms with van der Waals surface area (Å²) >= 11 is 0. The van der Waals surface area contributed by atoms with Gasteiger partial charge in [-0.2, -0.15) is 0 Å². The molecule has 0 saturated carbocycles. The number of anilines is 2. The minimum Gasteiger partial charge on any atom is -0.398 e. The maximum Gasteiger partial charge on any atom is 0.257 e. The topological polar surface area (TPSA) is 75.4 Å². The van der Waals surface area contributed by atoms with E-state index in [0.717, 1.165) is 25.9 Å². The van der Waals surface area contributed by atoms with Gasteiger partial charge in [-0.25, -0.2) is 0 Å². The summed E-state index contributed by atoms with van der Waals surface area (Å²) in [6.07, 6.45) is 3.28. The van der Waals surface area contributed by atoms with Crippen molar-refractivity contribution < 1.29 is 9.59 Å². The lowest BCUT2D eigenvalue weighted by Crippen LogP contribution is -2.35. The number of hydrogen-bond donors (Lipinski definition) is 2. The summed E-state index contributed by atoms with van der Waals surface area (Å²) < 4.78 is 0. The van der Waals surface area contributed by atoms with Crippen LogP contribution in [0.15, 0.2) is 48.5 Å². The Labute approximate surface area is 141 Å². The molecule has 1 aliphatic heterocycles. The van der Waals surface area contributed by atoms with Gasteiger partial charge in [0.25, 0.3) is 11.8 Å². The second-order valence-electron chi connectivity index (χ2n) is 5.98. The maximum atomic E-state index is 12.6. The molecule has 2 amide bonds. The molecule has 5 nitrogen and oxygen atoms in total. The van der Waals surface area contributed by atoms with Crippen molar-refractivity contribution in [3.63, 3.8) is 0 Å². The Morgan fingerprint density at radius 1 is 0.958 bits per heavy atom. The number of nitrogens with two attached hydrogens (primary N) is 1. The monoisotopic (exact) mass is 323 g/mol. The Bertz CT molecular complexity index is 752. The van der Waals surface area contributed by atoms with Crippen LogP contribution in [-0.4, -0.2) is 29.8 Å². The van der Waals surface area contributed by atoms with Crippen LogP contribution >= 0.6 is 0 Å². The minimum atomic E-state index is -0.282. The van der Waals surface area contributed by atoms with E-state index in [2.05, 4.69) is 5.32 Å². The first-order valence-corrected chi connectivity index (χ1v) is 8.20. The molecule has 5 heteroatoms. The molecule has 24 heavy (non-hydrogen) atoms. The number of hydrogen-bond acceptors (Lipinski definition) is 3. The number of benzene rings is 2. The molecule has 1 fully saturated rings. The van der Waals surface area contributed by atoms with Crippen molar-refractivity contribution in [2.45, 2.75) is 19.3 Å². The van der Waals surface area contributed by atoms with Gasteiger partial charge in [0.05, 0.1) is 5.56 Å². The maximum absolute atomic E-state index is 12.6. The Morgan fingerprint density at radius 3 is 2.46 bits per heavy atom. The number of nitrogens with one attached hydrogen (secondary N) is 1. The number of para-hydroxylation sites is 1. The molecule has 2 aromatic rings. The second-order valence-corrected chi connectivity index (χ2v) is 5.98. The van der Waals surface area contributed by atoms with Crippen molar-refractivity contribution in [3.05, 3.63) is 59.7 Å². The zero-order valence-electron chi connectivity index (χ0n) is 13.5. The van der Waals surface area contributed by atoms with Crippen LogP contribution in [0.1, 0.15) is 40.0 Å². The standard InChI is InChI=1S/C19H21N3O2/c20-17-10-3-2-9-16(17)18(23)21-15-8-6-7-14(13-15)19(24)22-11-4-1-5-12-22/h2-3,6-10,13H,1,4-5,11-12,20H2,(H,21,23). The predicted molar refractivity (Wildman–Crippen MR) is 95.0 cm³/mol. The van der Waals surface area contributed by atoms with Crippen LogP contribution in [0, 0.1) is 0 Å². The second kappa shape index (κ2) is 7.17. The Morgan fingerprint density at radius 2 is 1.71 bits per heavy atom. The van der Waals surface area contributed by atoms with E-state index in [1.807, 2.05) is 4.90 Å². The smallest absolute Gasteiger partial charge is 0.257 e. The number of carbonyl (C=O) groups excluding carboxylic acids is 2. The Kier molecular flexibility index (Phi) is 4.79. The highest BCUT2D eigenvalue weighted by atomic mass is 16.2. The van der Waals surface area contributed by atoms with Gasteiger partial charge in [0.2, 0.25) is 0 Å². The summed E-state index contributed by atoms with van der Waals surface area (Å²) in [5, 5.41) is 2.81. The van der Waals surface area contributed by atoms with E-state index in [9.17, 15) is 9.59 Å². The van der Waals surface area contributed by atoms with Crippen LogP contribution in [0.3, 0.4) is 0 Å². The third kappa shape index (κ3) is 3.56. The average molecular weight is 323 g/mol. The number of nitrogen functional groups attached to an aromatic ring is 1. The van der Waals surface area contributed by atoms with E-state index >= 15 is 0 Å². The van der Waals surface area contributed by atoms with Crippen LogP contribution in [0.4, 0.5) is 11.4 Å². The van der Waals surface area contributed by atoms with Crippen molar-refractivity contribution in [2.24, 2.45) is 0 Å². The van der Waals surface area contributed by atoms with Crippen molar-refractivity contribution in [2.75, 3.05) is 24.1 Å². The highest BCUT2D eigenvalue weighted by molar-refractivity contribution is 6.08. The van der Waals surface area contributed by atoms with Crippen molar-refractivity contribution >= 4 is 23.2 Å². The normalized spacial score (nSPS) is 14.2. The van der Waals surface area contributed by atoms with Crippen LogP contribution < -0.4 is 11.1 Å². The van der Waals surface area contributed by atoms with Gasteiger partial charge in [-0.15, -0.1) is 0 Å². The Balaban J connectivity index is 1.74. The minimum absolute atomic E-state index is 0.0185. The molecular weight excluding hydrogens is 302 g/mol. The molecule has 0 aromatic heterocycles. The molecule has 2 aromatic carbocycles. The van der Waals surface area contributed by atoms with Gasteiger partial charge < -0.3 is 16.0 Å². The van der Waals surface area contributed by atoms with Crippen molar-refractivity contribution in [1.82, 2.24) is 4.90 Å². The summed E-state index contributed by atoms with van der Waals surface area (Å²) in [6, 6.07) is 14.0. The highest BCUT2D eigenvalue weighted by Crippen LogP contribution is 2.18. The van der Waals surface area contributed by atoms with Crippen molar-refractivity contribution in [3.8, 4) is 0 Å². The molecule has 124 valence electrons. The third-order valence-corrected chi connectivity index (χ3v) is 4.22. The molecule has 0 atom stereocenters. The molecule has 0 aliphatic carbocycles. The van der Waals surface area contributed by atoms with Gasteiger partial charge in [-0.05, 0) is 49.6 Å². The molecule has 3 N–H and O–H groups in total. The fourth-order valence-corrected chi connectivity index (χ4v) is 2.91. The highest BCUT2D eigenvalue weighted by Gasteiger charge is 2.18. The third-order valence-electron chi connectivity index (χ3n) is 4.22. The molecule has 3 rings (SSSR count). The van der Waals surface area contributed by atoms with Gasteiger partial charge in [-0.3, -0.25) is 9.59 Å². The number of carbonyl (C=O) groups is 2. The van der Waals surface area contributed by atoms with Crippen LogP contribution in [0.5, 0.6) is 0 Å².